The Morgan fingerprint density at radius 3 is 2.66 bits per heavy atom. The molecule has 0 fully saturated rings. The van der Waals surface area contributed by atoms with Crippen LogP contribution >= 0.6 is 0 Å². The van der Waals surface area contributed by atoms with Gasteiger partial charge in [-0.3, -0.25) is 10.2 Å². The monoisotopic (exact) mass is 385 g/mol. The minimum absolute atomic E-state index is 0.0474. The van der Waals surface area contributed by atoms with Gasteiger partial charge in [-0.1, -0.05) is 48.5 Å². The second-order valence-corrected chi connectivity index (χ2v) is 7.39. The van der Waals surface area contributed by atoms with E-state index < -0.39 is 0 Å². The van der Waals surface area contributed by atoms with Gasteiger partial charge >= 0.3 is 0 Å². The Balaban J connectivity index is 1.77. The van der Waals surface area contributed by atoms with Crippen LogP contribution in [-0.4, -0.2) is 22.8 Å². The van der Waals surface area contributed by atoms with Crippen LogP contribution in [0, 0.1) is 5.41 Å². The molecule has 0 unspecified atom stereocenters. The number of carbonyl (C=O) groups excluding carboxylic acids is 1. The third-order valence-corrected chi connectivity index (χ3v) is 4.92. The second kappa shape index (κ2) is 7.89. The minimum atomic E-state index is 0.0474. The van der Waals surface area contributed by atoms with Gasteiger partial charge in [0.15, 0.2) is 6.29 Å². The molecule has 0 aliphatic heterocycles. The molecule has 5 nitrogen and oxygen atoms in total. The zero-order valence-electron chi connectivity index (χ0n) is 16.5. The van der Waals surface area contributed by atoms with E-state index in [0.717, 1.165) is 22.8 Å². The van der Waals surface area contributed by atoms with Crippen LogP contribution in [0.15, 0.2) is 66.7 Å². The first-order chi connectivity index (χ1) is 14.1. The van der Waals surface area contributed by atoms with Gasteiger partial charge in [-0.05, 0) is 48.4 Å². The average molecular weight is 385 g/mol. The number of carbonyl (C=O) groups is 1. The Kier molecular flexibility index (Phi) is 5.14. The molecule has 0 radical (unpaired) electrons. The lowest BCUT2D eigenvalue weighted by Crippen LogP contribution is -2.26. The summed E-state index contributed by atoms with van der Waals surface area (Å²) in [6.45, 7) is 4.46. The van der Waals surface area contributed by atoms with Crippen LogP contribution in [0.25, 0.3) is 21.7 Å². The fourth-order valence-corrected chi connectivity index (χ4v) is 3.53. The quantitative estimate of drug-likeness (QED) is 0.214. The number of nitrogens with zero attached hydrogens (tertiary/aromatic N) is 1. The predicted octanol–water partition coefficient (Wildman–Crippen LogP) is 4.91. The van der Waals surface area contributed by atoms with E-state index in [0.29, 0.717) is 17.8 Å². The van der Waals surface area contributed by atoms with E-state index in [-0.39, 0.29) is 11.9 Å². The first kappa shape index (κ1) is 18.9. The molecule has 0 saturated heterocycles. The highest BCUT2D eigenvalue weighted by Gasteiger charge is 2.13. The molecule has 146 valence electrons. The van der Waals surface area contributed by atoms with Crippen molar-refractivity contribution in [3.63, 3.8) is 0 Å². The number of benzene rings is 3. The van der Waals surface area contributed by atoms with Crippen LogP contribution in [0.5, 0.6) is 0 Å². The summed E-state index contributed by atoms with van der Waals surface area (Å²) in [5.74, 6) is 0.0474. The SMILES string of the molecule is CC(C)NOC(=N)c1ccc2cc(C=O)n(Cc3cccc4ccccc34)c2c1. The van der Waals surface area contributed by atoms with Crippen molar-refractivity contribution < 1.29 is 9.63 Å². The summed E-state index contributed by atoms with van der Waals surface area (Å²) in [6.07, 6.45) is 0.882. The van der Waals surface area contributed by atoms with Crippen LogP contribution in [0.4, 0.5) is 0 Å². The number of hydroxylamine groups is 1. The van der Waals surface area contributed by atoms with E-state index >= 15 is 0 Å². The number of hydrogen-bond donors (Lipinski definition) is 2. The molecule has 1 heterocycles. The number of fused-ring (bicyclic) bond motifs is 2. The molecule has 2 N–H and O–H groups in total. The van der Waals surface area contributed by atoms with Crippen LogP contribution in [0.3, 0.4) is 0 Å². The molecule has 1 aromatic heterocycles. The van der Waals surface area contributed by atoms with Gasteiger partial charge in [0.1, 0.15) is 0 Å². The standard InChI is InChI=1S/C24H23N3O2/c1-16(2)26-29-24(25)19-11-10-18-12-21(15-28)27(23(18)13-19)14-20-8-5-7-17-6-3-4-9-22(17)20/h3-13,15-16,25-26H,14H2,1-2H3. The van der Waals surface area contributed by atoms with Crippen molar-refractivity contribution >= 4 is 33.9 Å². The van der Waals surface area contributed by atoms with E-state index in [4.69, 9.17) is 10.2 Å². The largest absolute Gasteiger partial charge is 0.388 e. The third kappa shape index (κ3) is 3.77. The van der Waals surface area contributed by atoms with Crippen molar-refractivity contribution in [1.82, 2.24) is 10.0 Å². The number of nitrogens with one attached hydrogen (secondary N) is 2. The van der Waals surface area contributed by atoms with Crippen molar-refractivity contribution in [1.29, 1.82) is 5.41 Å². The summed E-state index contributed by atoms with van der Waals surface area (Å²) >= 11 is 0. The van der Waals surface area contributed by atoms with E-state index in [2.05, 4.69) is 29.7 Å². The van der Waals surface area contributed by atoms with Gasteiger partial charge in [0.05, 0.1) is 5.69 Å². The predicted molar refractivity (Wildman–Crippen MR) is 117 cm³/mol. The molecule has 0 atom stereocenters. The van der Waals surface area contributed by atoms with E-state index in [9.17, 15) is 4.79 Å². The Hall–Kier alpha value is -3.44. The topological polar surface area (TPSA) is 67.1 Å². The lowest BCUT2D eigenvalue weighted by molar-refractivity contribution is 0.111. The number of aromatic nitrogens is 1. The van der Waals surface area contributed by atoms with E-state index in [1.165, 1.54) is 10.8 Å². The molecule has 0 bridgehead atoms. The highest BCUT2D eigenvalue weighted by atomic mass is 16.7. The van der Waals surface area contributed by atoms with Crippen molar-refractivity contribution in [2.75, 3.05) is 0 Å². The minimum Gasteiger partial charge on any atom is -0.388 e. The van der Waals surface area contributed by atoms with E-state index in [1.807, 2.05) is 60.9 Å². The molecule has 3 aromatic carbocycles. The van der Waals surface area contributed by atoms with Crippen LogP contribution in [0.1, 0.15) is 35.5 Å². The molecular formula is C24H23N3O2. The van der Waals surface area contributed by atoms with Gasteiger partial charge in [-0.2, -0.15) is 5.48 Å². The van der Waals surface area contributed by atoms with Crippen molar-refractivity contribution in [2.24, 2.45) is 0 Å². The maximum absolute atomic E-state index is 11.7. The molecule has 0 aliphatic carbocycles. The molecule has 0 aliphatic rings. The molecule has 0 amide bonds. The van der Waals surface area contributed by atoms with Crippen molar-refractivity contribution in [3.8, 4) is 0 Å². The van der Waals surface area contributed by atoms with Gasteiger partial charge in [-0.25, -0.2) is 0 Å². The summed E-state index contributed by atoms with van der Waals surface area (Å²) < 4.78 is 2.00. The van der Waals surface area contributed by atoms with Gasteiger partial charge in [0.2, 0.25) is 5.90 Å². The molecule has 0 saturated carbocycles. The number of aldehydes is 1. The zero-order chi connectivity index (χ0) is 20.4. The van der Waals surface area contributed by atoms with Gasteiger partial charge in [-0.15, -0.1) is 0 Å². The summed E-state index contributed by atoms with van der Waals surface area (Å²) in [4.78, 5) is 17.1. The summed E-state index contributed by atoms with van der Waals surface area (Å²) in [6, 6.07) is 22.1. The Morgan fingerprint density at radius 1 is 1.07 bits per heavy atom. The van der Waals surface area contributed by atoms with Crippen LogP contribution < -0.4 is 5.48 Å². The summed E-state index contributed by atoms with van der Waals surface area (Å²) in [5.41, 5.74) is 6.10. The van der Waals surface area contributed by atoms with Crippen molar-refractivity contribution in [2.45, 2.75) is 26.4 Å². The highest BCUT2D eigenvalue weighted by Crippen LogP contribution is 2.25. The molecule has 4 rings (SSSR count). The lowest BCUT2D eigenvalue weighted by Gasteiger charge is -2.13. The first-order valence-corrected chi connectivity index (χ1v) is 9.63. The van der Waals surface area contributed by atoms with Gasteiger partial charge in [0, 0.05) is 29.1 Å². The molecule has 5 heteroatoms. The molecule has 0 spiro atoms. The van der Waals surface area contributed by atoms with Crippen molar-refractivity contribution in [3.05, 3.63) is 83.6 Å². The van der Waals surface area contributed by atoms with Gasteiger partial charge in [0.25, 0.3) is 0 Å². The Morgan fingerprint density at radius 2 is 1.86 bits per heavy atom. The maximum atomic E-state index is 11.7. The fraction of sp³-hybridized carbons (Fsp3) is 0.167. The number of hydrogen-bond acceptors (Lipinski definition) is 4. The first-order valence-electron chi connectivity index (χ1n) is 9.63. The zero-order valence-corrected chi connectivity index (χ0v) is 16.5. The Bertz CT molecular complexity index is 1200. The average Bonchev–Trinajstić information content (AvgIpc) is 3.09. The second-order valence-electron chi connectivity index (χ2n) is 7.39. The highest BCUT2D eigenvalue weighted by molar-refractivity contribution is 5.98. The lowest BCUT2D eigenvalue weighted by atomic mass is 10.0. The fourth-order valence-electron chi connectivity index (χ4n) is 3.53. The normalized spacial score (nSPS) is 11.3. The molecular weight excluding hydrogens is 362 g/mol. The maximum Gasteiger partial charge on any atom is 0.237 e. The van der Waals surface area contributed by atoms with Crippen LogP contribution in [-0.2, 0) is 11.4 Å². The molecule has 4 aromatic rings. The van der Waals surface area contributed by atoms with Gasteiger partial charge < -0.3 is 9.40 Å². The molecule has 29 heavy (non-hydrogen) atoms. The number of rotatable bonds is 6. The summed E-state index contributed by atoms with van der Waals surface area (Å²) in [7, 11) is 0. The summed E-state index contributed by atoms with van der Waals surface area (Å²) in [5, 5.41) is 11.5. The van der Waals surface area contributed by atoms with Crippen LogP contribution in [0.2, 0.25) is 0 Å². The Labute approximate surface area is 169 Å². The van der Waals surface area contributed by atoms with E-state index in [1.54, 1.807) is 0 Å². The smallest absolute Gasteiger partial charge is 0.237 e. The third-order valence-electron chi connectivity index (χ3n) is 4.92.